The van der Waals surface area contributed by atoms with Crippen LogP contribution in [0.1, 0.15) is 17.3 Å². The highest BCUT2D eigenvalue weighted by Crippen LogP contribution is 2.27. The van der Waals surface area contributed by atoms with Crippen molar-refractivity contribution in [2.75, 3.05) is 20.6 Å². The van der Waals surface area contributed by atoms with Crippen LogP contribution in [-0.4, -0.2) is 52.1 Å². The number of hydrogen-bond donors (Lipinski definition) is 1. The number of aromatic nitrogens is 3. The van der Waals surface area contributed by atoms with E-state index in [9.17, 15) is 9.59 Å². The van der Waals surface area contributed by atoms with E-state index in [-0.39, 0.29) is 18.4 Å². The Kier molecular flexibility index (Phi) is 4.80. The molecule has 7 nitrogen and oxygen atoms in total. The number of fused-ring (bicyclic) bond motifs is 1. The first-order valence-corrected chi connectivity index (χ1v) is 8.78. The molecule has 0 aromatic carbocycles. The quantitative estimate of drug-likeness (QED) is 0.757. The van der Waals surface area contributed by atoms with Crippen molar-refractivity contribution >= 4 is 34.2 Å². The van der Waals surface area contributed by atoms with Crippen LogP contribution in [0, 0.1) is 0 Å². The van der Waals surface area contributed by atoms with E-state index in [0.717, 1.165) is 10.6 Å². The minimum atomic E-state index is -0.309. The molecule has 0 atom stereocenters. The Labute approximate surface area is 149 Å². The van der Waals surface area contributed by atoms with Crippen molar-refractivity contribution in [2.45, 2.75) is 13.5 Å². The summed E-state index contributed by atoms with van der Waals surface area (Å²) >= 11 is 1.56. The predicted octanol–water partition coefficient (Wildman–Crippen LogP) is 2.00. The van der Waals surface area contributed by atoms with Crippen LogP contribution >= 0.6 is 11.3 Å². The molecule has 0 unspecified atom stereocenters. The first-order chi connectivity index (χ1) is 12.0. The van der Waals surface area contributed by atoms with E-state index in [1.165, 1.54) is 4.90 Å². The number of likely N-dealkylation sites (N-methyl/N-ethyl adjacent to an activating group) is 1. The van der Waals surface area contributed by atoms with Crippen LogP contribution in [-0.2, 0) is 11.3 Å². The summed E-state index contributed by atoms with van der Waals surface area (Å²) in [5, 5.41) is 9.63. The lowest BCUT2D eigenvalue weighted by Crippen LogP contribution is -2.36. The van der Waals surface area contributed by atoms with E-state index in [1.807, 2.05) is 24.4 Å². The van der Waals surface area contributed by atoms with Gasteiger partial charge in [0.25, 0.3) is 5.91 Å². The van der Waals surface area contributed by atoms with Gasteiger partial charge in [-0.3, -0.25) is 9.59 Å². The number of carbonyl (C=O) groups excluding carboxylic acids is 2. The topological polar surface area (TPSA) is 80.1 Å². The van der Waals surface area contributed by atoms with Gasteiger partial charge in [-0.15, -0.1) is 11.3 Å². The Morgan fingerprint density at radius 1 is 1.36 bits per heavy atom. The zero-order valence-electron chi connectivity index (χ0n) is 14.3. The second-order valence-electron chi connectivity index (χ2n) is 5.70. The van der Waals surface area contributed by atoms with Crippen LogP contribution in [0.5, 0.6) is 0 Å². The van der Waals surface area contributed by atoms with Crippen LogP contribution in [0.3, 0.4) is 0 Å². The number of rotatable bonds is 5. The third-order valence-corrected chi connectivity index (χ3v) is 4.72. The number of hydrogen-bond acceptors (Lipinski definition) is 5. The van der Waals surface area contributed by atoms with Crippen LogP contribution in [0.25, 0.3) is 21.6 Å². The smallest absolute Gasteiger partial charge is 0.252 e. The molecule has 0 saturated heterocycles. The Balaban J connectivity index is 2.02. The molecule has 3 rings (SSSR count). The molecule has 0 aliphatic rings. The summed E-state index contributed by atoms with van der Waals surface area (Å²) in [7, 11) is 3.30. The predicted molar refractivity (Wildman–Crippen MR) is 97.5 cm³/mol. The molecule has 1 N–H and O–H groups in total. The van der Waals surface area contributed by atoms with E-state index >= 15 is 0 Å². The maximum Gasteiger partial charge on any atom is 0.252 e. The minimum Gasteiger partial charge on any atom is -0.347 e. The molecule has 0 bridgehead atoms. The maximum atomic E-state index is 12.7. The van der Waals surface area contributed by atoms with Crippen molar-refractivity contribution in [1.82, 2.24) is 25.0 Å². The molecule has 0 fully saturated rings. The Morgan fingerprint density at radius 3 is 2.80 bits per heavy atom. The molecule has 0 spiro atoms. The van der Waals surface area contributed by atoms with Crippen LogP contribution < -0.4 is 5.32 Å². The van der Waals surface area contributed by atoms with Crippen molar-refractivity contribution < 1.29 is 9.59 Å². The van der Waals surface area contributed by atoms with Gasteiger partial charge < -0.3 is 10.2 Å². The second-order valence-corrected chi connectivity index (χ2v) is 6.65. The Bertz CT molecular complexity index is 915. The highest BCUT2D eigenvalue weighted by atomic mass is 32.1. The van der Waals surface area contributed by atoms with E-state index < -0.39 is 0 Å². The van der Waals surface area contributed by atoms with Gasteiger partial charge in [0.15, 0.2) is 5.65 Å². The van der Waals surface area contributed by atoms with E-state index in [2.05, 4.69) is 15.4 Å². The van der Waals surface area contributed by atoms with Gasteiger partial charge in [0, 0.05) is 20.6 Å². The second kappa shape index (κ2) is 7.02. The molecule has 8 heteroatoms. The van der Waals surface area contributed by atoms with Gasteiger partial charge in [-0.1, -0.05) is 6.07 Å². The lowest BCUT2D eigenvalue weighted by Gasteiger charge is -2.12. The van der Waals surface area contributed by atoms with Gasteiger partial charge in [0.2, 0.25) is 5.91 Å². The van der Waals surface area contributed by atoms with Crippen molar-refractivity contribution in [3.63, 3.8) is 0 Å². The fraction of sp³-hybridized carbons (Fsp3) is 0.294. The lowest BCUT2D eigenvalue weighted by molar-refractivity contribution is -0.127. The number of thiophene rings is 1. The highest BCUT2D eigenvalue weighted by molar-refractivity contribution is 7.13. The van der Waals surface area contributed by atoms with Gasteiger partial charge in [-0.2, -0.15) is 5.10 Å². The summed E-state index contributed by atoms with van der Waals surface area (Å²) < 4.78 is 1.76. The molecular formula is C17H19N5O2S. The molecule has 0 radical (unpaired) electrons. The monoisotopic (exact) mass is 357 g/mol. The molecular weight excluding hydrogens is 338 g/mol. The number of nitrogens with one attached hydrogen (secondary N) is 1. The fourth-order valence-corrected chi connectivity index (χ4v) is 3.11. The third-order valence-electron chi connectivity index (χ3n) is 3.83. The van der Waals surface area contributed by atoms with Crippen molar-refractivity contribution in [2.24, 2.45) is 0 Å². The fourth-order valence-electron chi connectivity index (χ4n) is 2.43. The molecule has 25 heavy (non-hydrogen) atoms. The first kappa shape index (κ1) is 17.1. The van der Waals surface area contributed by atoms with Crippen LogP contribution in [0.2, 0.25) is 0 Å². The normalized spacial score (nSPS) is 10.8. The molecule has 3 aromatic rings. The Hall–Kier alpha value is -2.74. The summed E-state index contributed by atoms with van der Waals surface area (Å²) in [5.74, 6) is -0.475. The van der Waals surface area contributed by atoms with Gasteiger partial charge in [0.05, 0.1) is 34.3 Å². The molecule has 0 aliphatic carbocycles. The van der Waals surface area contributed by atoms with Gasteiger partial charge in [-0.05, 0) is 24.4 Å². The molecule has 130 valence electrons. The number of amides is 2. The van der Waals surface area contributed by atoms with Gasteiger partial charge >= 0.3 is 0 Å². The number of aryl methyl sites for hydroxylation is 1. The Morgan fingerprint density at radius 2 is 2.16 bits per heavy atom. The summed E-state index contributed by atoms with van der Waals surface area (Å²) in [6.07, 6.45) is 1.65. The largest absolute Gasteiger partial charge is 0.347 e. The zero-order valence-corrected chi connectivity index (χ0v) is 15.1. The van der Waals surface area contributed by atoms with E-state index in [1.54, 1.807) is 42.4 Å². The van der Waals surface area contributed by atoms with Gasteiger partial charge in [0.1, 0.15) is 0 Å². The summed E-state index contributed by atoms with van der Waals surface area (Å²) in [5.41, 5.74) is 1.86. The van der Waals surface area contributed by atoms with Crippen LogP contribution in [0.15, 0.2) is 29.8 Å². The van der Waals surface area contributed by atoms with Gasteiger partial charge in [-0.25, -0.2) is 9.67 Å². The maximum absolute atomic E-state index is 12.7. The van der Waals surface area contributed by atoms with Crippen molar-refractivity contribution in [1.29, 1.82) is 0 Å². The lowest BCUT2D eigenvalue weighted by atomic mass is 10.1. The summed E-state index contributed by atoms with van der Waals surface area (Å²) in [4.78, 5) is 31.5. The van der Waals surface area contributed by atoms with E-state index in [4.69, 9.17) is 0 Å². The van der Waals surface area contributed by atoms with Crippen molar-refractivity contribution in [3.8, 4) is 10.6 Å². The molecule has 3 heterocycles. The number of pyridine rings is 1. The average molecular weight is 357 g/mol. The molecule has 0 aliphatic heterocycles. The van der Waals surface area contributed by atoms with Crippen molar-refractivity contribution in [3.05, 3.63) is 35.3 Å². The minimum absolute atomic E-state index is 0.0497. The first-order valence-electron chi connectivity index (χ1n) is 7.90. The average Bonchev–Trinajstić information content (AvgIpc) is 3.27. The van der Waals surface area contributed by atoms with Crippen LogP contribution in [0.4, 0.5) is 0 Å². The third kappa shape index (κ3) is 3.39. The molecule has 3 aromatic heterocycles. The molecule has 2 amide bonds. The zero-order chi connectivity index (χ0) is 18.0. The van der Waals surface area contributed by atoms with E-state index in [0.29, 0.717) is 23.1 Å². The number of nitrogens with zero attached hydrogens (tertiary/aromatic N) is 4. The molecule has 0 saturated carbocycles. The highest BCUT2D eigenvalue weighted by Gasteiger charge is 2.18. The summed E-state index contributed by atoms with van der Waals surface area (Å²) in [6.45, 7) is 2.58. The SMILES string of the molecule is CCn1ncc2c(C(=O)NCC(=O)N(C)C)cc(-c3cccs3)nc21. The standard InChI is InChI=1S/C17H19N5O2S/c1-4-22-16-12(9-19-22)11(17(24)18-10-15(23)21(2)3)8-13(20-16)14-6-5-7-25-14/h5-9H,4,10H2,1-3H3,(H,18,24). The number of carbonyl (C=O) groups is 2. The summed E-state index contributed by atoms with van der Waals surface area (Å²) in [6, 6.07) is 5.66.